The van der Waals surface area contributed by atoms with Gasteiger partial charge in [0.1, 0.15) is 17.6 Å². The van der Waals surface area contributed by atoms with Crippen LogP contribution in [0.15, 0.2) is 59.5 Å². The summed E-state index contributed by atoms with van der Waals surface area (Å²) < 4.78 is 5.45. The molecule has 1 N–H and O–H groups in total. The summed E-state index contributed by atoms with van der Waals surface area (Å²) in [6, 6.07) is 13.3. The molecule has 1 aliphatic heterocycles. The molecule has 1 atom stereocenters. The Labute approximate surface area is 201 Å². The number of nitrogens with zero attached hydrogens (tertiary/aromatic N) is 1. The number of aliphatic hydroxyl groups excluding tert-OH is 1. The predicted molar refractivity (Wildman–Crippen MR) is 132 cm³/mol. The van der Waals surface area contributed by atoms with E-state index in [4.69, 9.17) is 16.3 Å². The molecular formula is C26H24ClNO4S. The highest BCUT2D eigenvalue weighted by Gasteiger charge is 2.48. The van der Waals surface area contributed by atoms with E-state index in [9.17, 15) is 14.7 Å². The molecule has 1 aliphatic rings. The van der Waals surface area contributed by atoms with Gasteiger partial charge in [-0.2, -0.15) is 0 Å². The average molecular weight is 482 g/mol. The number of anilines is 1. The SMILES string of the molecule is COc1ccc(/C(O)=C2/C(=O)C(=O)N(c3cccc(Cl)c3)C2c2sccc2C)cc1C(C)C. The molecule has 1 aromatic heterocycles. The maximum absolute atomic E-state index is 13.3. The summed E-state index contributed by atoms with van der Waals surface area (Å²) in [5.41, 5.74) is 2.85. The number of thiophene rings is 1. The van der Waals surface area contributed by atoms with E-state index in [2.05, 4.69) is 0 Å². The van der Waals surface area contributed by atoms with Crippen LogP contribution >= 0.6 is 22.9 Å². The van der Waals surface area contributed by atoms with Gasteiger partial charge in [-0.05, 0) is 71.8 Å². The van der Waals surface area contributed by atoms with Crippen molar-refractivity contribution in [2.45, 2.75) is 32.7 Å². The second-order valence-electron chi connectivity index (χ2n) is 8.23. The fourth-order valence-corrected chi connectivity index (χ4v) is 5.34. The standard InChI is InChI=1S/C26H24ClNO4S/c1-14(2)19-12-16(8-9-20(19)32-4)23(29)21-22(25-15(3)10-11-33-25)28(26(31)24(21)30)18-7-5-6-17(27)13-18/h5-14,22,29H,1-4H3/b23-21-. The van der Waals surface area contributed by atoms with E-state index >= 15 is 0 Å². The lowest BCUT2D eigenvalue weighted by Crippen LogP contribution is -2.29. The molecule has 1 amide bonds. The van der Waals surface area contributed by atoms with Crippen molar-refractivity contribution in [3.63, 3.8) is 0 Å². The Morgan fingerprint density at radius 1 is 1.15 bits per heavy atom. The van der Waals surface area contributed by atoms with Gasteiger partial charge in [-0.15, -0.1) is 11.3 Å². The second kappa shape index (κ2) is 9.04. The highest BCUT2D eigenvalue weighted by atomic mass is 35.5. The molecule has 3 aromatic rings. The Bertz CT molecular complexity index is 1280. The van der Waals surface area contributed by atoms with Crippen LogP contribution in [0.3, 0.4) is 0 Å². The van der Waals surface area contributed by atoms with Gasteiger partial charge < -0.3 is 9.84 Å². The fourth-order valence-electron chi connectivity index (χ4n) is 4.13. The number of benzene rings is 2. The lowest BCUT2D eigenvalue weighted by molar-refractivity contribution is -0.132. The van der Waals surface area contributed by atoms with Crippen LogP contribution in [0, 0.1) is 6.92 Å². The number of hydrogen-bond acceptors (Lipinski definition) is 5. The summed E-state index contributed by atoms with van der Waals surface area (Å²) in [5.74, 6) is -0.801. The fraction of sp³-hybridized carbons (Fsp3) is 0.231. The molecule has 1 saturated heterocycles. The van der Waals surface area contributed by atoms with Gasteiger partial charge in [-0.1, -0.05) is 31.5 Å². The largest absolute Gasteiger partial charge is 0.507 e. The lowest BCUT2D eigenvalue weighted by Gasteiger charge is -2.25. The maximum Gasteiger partial charge on any atom is 0.300 e. The van der Waals surface area contributed by atoms with E-state index in [1.807, 2.05) is 38.3 Å². The van der Waals surface area contributed by atoms with Gasteiger partial charge in [0.05, 0.1) is 12.7 Å². The van der Waals surface area contributed by atoms with Crippen molar-refractivity contribution in [1.29, 1.82) is 0 Å². The molecule has 170 valence electrons. The summed E-state index contributed by atoms with van der Waals surface area (Å²) in [4.78, 5) is 28.7. The lowest BCUT2D eigenvalue weighted by atomic mass is 9.94. The van der Waals surface area contributed by atoms with Crippen LogP contribution in [-0.4, -0.2) is 23.9 Å². The van der Waals surface area contributed by atoms with E-state index in [-0.39, 0.29) is 17.3 Å². The highest BCUT2D eigenvalue weighted by molar-refractivity contribution is 7.10. The van der Waals surface area contributed by atoms with Crippen molar-refractivity contribution in [2.24, 2.45) is 0 Å². The third-order valence-electron chi connectivity index (χ3n) is 5.81. The molecule has 1 fully saturated rings. The molecule has 4 rings (SSSR count). The summed E-state index contributed by atoms with van der Waals surface area (Å²) in [5, 5.41) is 13.7. The van der Waals surface area contributed by atoms with Gasteiger partial charge in [-0.3, -0.25) is 14.5 Å². The minimum absolute atomic E-state index is 0.0606. The summed E-state index contributed by atoms with van der Waals surface area (Å²) in [6.07, 6.45) is 0. The number of carbonyl (C=O) groups excluding carboxylic acids is 2. The van der Waals surface area contributed by atoms with Gasteiger partial charge in [0.2, 0.25) is 0 Å². The minimum atomic E-state index is -0.756. The first kappa shape index (κ1) is 23.1. The van der Waals surface area contributed by atoms with E-state index in [0.717, 1.165) is 16.0 Å². The van der Waals surface area contributed by atoms with Gasteiger partial charge in [0, 0.05) is 21.2 Å². The zero-order chi connectivity index (χ0) is 23.9. The third-order valence-corrected chi connectivity index (χ3v) is 7.11. The number of ketones is 1. The van der Waals surface area contributed by atoms with Crippen LogP contribution < -0.4 is 9.64 Å². The Morgan fingerprint density at radius 3 is 2.52 bits per heavy atom. The summed E-state index contributed by atoms with van der Waals surface area (Å²) in [6.45, 7) is 5.97. The number of Topliss-reactive ketones (excluding diaryl/α,β-unsaturated/α-hetero) is 1. The molecule has 2 aromatic carbocycles. The van der Waals surface area contributed by atoms with Crippen molar-refractivity contribution in [3.8, 4) is 5.75 Å². The van der Waals surface area contributed by atoms with Crippen LogP contribution in [0.4, 0.5) is 5.69 Å². The zero-order valence-corrected chi connectivity index (χ0v) is 20.3. The van der Waals surface area contributed by atoms with Crippen molar-refractivity contribution >= 4 is 46.1 Å². The number of rotatable bonds is 5. The monoisotopic (exact) mass is 481 g/mol. The Hall–Kier alpha value is -3.09. The molecule has 0 bridgehead atoms. The third kappa shape index (κ3) is 4.05. The Kier molecular flexibility index (Phi) is 6.32. The van der Waals surface area contributed by atoms with Crippen molar-refractivity contribution in [1.82, 2.24) is 0 Å². The van der Waals surface area contributed by atoms with Crippen LogP contribution in [0.1, 0.15) is 47.4 Å². The van der Waals surface area contributed by atoms with Crippen molar-refractivity contribution in [3.05, 3.63) is 86.1 Å². The number of methoxy groups -OCH3 is 1. The number of carbonyl (C=O) groups is 2. The molecule has 0 spiro atoms. The minimum Gasteiger partial charge on any atom is -0.507 e. The number of aliphatic hydroxyl groups is 1. The predicted octanol–water partition coefficient (Wildman–Crippen LogP) is 6.47. The molecule has 0 radical (unpaired) electrons. The van der Waals surface area contributed by atoms with E-state index in [1.54, 1.807) is 43.5 Å². The first-order valence-corrected chi connectivity index (χ1v) is 11.8. The molecule has 1 unspecified atom stereocenters. The number of amides is 1. The molecule has 2 heterocycles. The van der Waals surface area contributed by atoms with E-state index < -0.39 is 17.7 Å². The van der Waals surface area contributed by atoms with Gasteiger partial charge in [0.15, 0.2) is 0 Å². The number of aryl methyl sites for hydroxylation is 1. The van der Waals surface area contributed by atoms with E-state index in [0.29, 0.717) is 22.0 Å². The molecule has 0 aliphatic carbocycles. The Balaban J connectivity index is 1.95. The topological polar surface area (TPSA) is 66.8 Å². The molecule has 5 nitrogen and oxygen atoms in total. The second-order valence-corrected chi connectivity index (χ2v) is 9.61. The molecule has 33 heavy (non-hydrogen) atoms. The van der Waals surface area contributed by atoms with Crippen LogP contribution in [0.2, 0.25) is 5.02 Å². The van der Waals surface area contributed by atoms with Crippen LogP contribution in [-0.2, 0) is 9.59 Å². The molecule has 0 saturated carbocycles. The quantitative estimate of drug-likeness (QED) is 0.257. The summed E-state index contributed by atoms with van der Waals surface area (Å²) in [7, 11) is 1.59. The highest BCUT2D eigenvalue weighted by Crippen LogP contribution is 2.45. The van der Waals surface area contributed by atoms with Crippen LogP contribution in [0.5, 0.6) is 5.75 Å². The smallest absolute Gasteiger partial charge is 0.300 e. The summed E-state index contributed by atoms with van der Waals surface area (Å²) >= 11 is 7.63. The van der Waals surface area contributed by atoms with Gasteiger partial charge >= 0.3 is 0 Å². The average Bonchev–Trinajstić information content (AvgIpc) is 3.33. The van der Waals surface area contributed by atoms with Crippen molar-refractivity contribution < 1.29 is 19.4 Å². The van der Waals surface area contributed by atoms with E-state index in [1.165, 1.54) is 16.2 Å². The first-order chi connectivity index (χ1) is 15.7. The zero-order valence-electron chi connectivity index (χ0n) is 18.8. The molecular weight excluding hydrogens is 458 g/mol. The number of hydrogen-bond donors (Lipinski definition) is 1. The van der Waals surface area contributed by atoms with Crippen LogP contribution in [0.25, 0.3) is 5.76 Å². The first-order valence-electron chi connectivity index (χ1n) is 10.5. The normalized spacial score (nSPS) is 17.8. The number of ether oxygens (including phenoxy) is 1. The van der Waals surface area contributed by atoms with Crippen molar-refractivity contribution in [2.75, 3.05) is 12.0 Å². The van der Waals surface area contributed by atoms with Gasteiger partial charge in [-0.25, -0.2) is 0 Å². The maximum atomic E-state index is 13.3. The Morgan fingerprint density at radius 2 is 1.91 bits per heavy atom. The molecule has 7 heteroatoms. The number of halogens is 1. The van der Waals surface area contributed by atoms with Gasteiger partial charge in [0.25, 0.3) is 11.7 Å².